The second-order valence-electron chi connectivity index (χ2n) is 4.78. The van der Waals surface area contributed by atoms with Crippen LogP contribution < -0.4 is 10.6 Å². The number of benzene rings is 1. The van der Waals surface area contributed by atoms with Crippen LogP contribution in [0.2, 0.25) is 0 Å². The van der Waals surface area contributed by atoms with Crippen molar-refractivity contribution in [1.82, 2.24) is 10.6 Å². The highest BCUT2D eigenvalue weighted by atomic mass is 15.1. The number of nitrogens with one attached hydrogen (secondary N) is 2. The molecule has 2 fully saturated rings. The van der Waals surface area contributed by atoms with Crippen molar-refractivity contribution in [3.05, 3.63) is 35.9 Å². The van der Waals surface area contributed by atoms with Crippen molar-refractivity contribution in [3.63, 3.8) is 0 Å². The van der Waals surface area contributed by atoms with Gasteiger partial charge in [0.05, 0.1) is 0 Å². The van der Waals surface area contributed by atoms with Crippen LogP contribution in [0.25, 0.3) is 0 Å². The van der Waals surface area contributed by atoms with Crippen LogP contribution in [0.4, 0.5) is 0 Å². The standard InChI is InChI=1S/C13H18N2/c1-2-4-10(5-3-1)13-6-11(13)7-15-12-8-14-9-12/h1-5,11-15H,6-9H2/t11?,13-/m1/s1. The van der Waals surface area contributed by atoms with Gasteiger partial charge in [0.25, 0.3) is 0 Å². The van der Waals surface area contributed by atoms with Crippen LogP contribution in [0, 0.1) is 5.92 Å². The summed E-state index contributed by atoms with van der Waals surface area (Å²) in [6, 6.07) is 11.6. The SMILES string of the molecule is c1ccc([C@H]2CC2CNC2CNC2)cc1. The summed E-state index contributed by atoms with van der Waals surface area (Å²) in [5, 5.41) is 6.90. The second-order valence-corrected chi connectivity index (χ2v) is 4.78. The van der Waals surface area contributed by atoms with Gasteiger partial charge in [0, 0.05) is 19.1 Å². The van der Waals surface area contributed by atoms with E-state index >= 15 is 0 Å². The topological polar surface area (TPSA) is 24.1 Å². The molecule has 1 aliphatic carbocycles. The molecule has 2 nitrogen and oxygen atoms in total. The van der Waals surface area contributed by atoms with Gasteiger partial charge < -0.3 is 10.6 Å². The Balaban J connectivity index is 1.47. The van der Waals surface area contributed by atoms with Crippen LogP contribution in [-0.4, -0.2) is 25.7 Å². The highest BCUT2D eigenvalue weighted by Gasteiger charge is 2.38. The predicted molar refractivity (Wildman–Crippen MR) is 62.0 cm³/mol. The Morgan fingerprint density at radius 3 is 2.67 bits per heavy atom. The summed E-state index contributed by atoms with van der Waals surface area (Å²) in [6.45, 7) is 3.51. The van der Waals surface area contributed by atoms with E-state index in [1.165, 1.54) is 18.5 Å². The van der Waals surface area contributed by atoms with Crippen LogP contribution in [-0.2, 0) is 0 Å². The van der Waals surface area contributed by atoms with Gasteiger partial charge in [-0.05, 0) is 30.4 Å². The van der Waals surface area contributed by atoms with Crippen molar-refractivity contribution in [1.29, 1.82) is 0 Å². The zero-order valence-corrected chi connectivity index (χ0v) is 8.95. The molecule has 2 atom stereocenters. The first-order valence-electron chi connectivity index (χ1n) is 5.92. The first-order valence-corrected chi connectivity index (χ1v) is 5.92. The van der Waals surface area contributed by atoms with Gasteiger partial charge >= 0.3 is 0 Å². The lowest BCUT2D eigenvalue weighted by Crippen LogP contribution is -2.55. The quantitative estimate of drug-likeness (QED) is 0.770. The Kier molecular flexibility index (Phi) is 2.47. The molecular weight excluding hydrogens is 184 g/mol. The molecule has 1 aromatic carbocycles. The van der Waals surface area contributed by atoms with Gasteiger partial charge in [-0.2, -0.15) is 0 Å². The fourth-order valence-corrected chi connectivity index (χ4v) is 2.33. The summed E-state index contributed by atoms with van der Waals surface area (Å²) < 4.78 is 0. The summed E-state index contributed by atoms with van der Waals surface area (Å²) in [5.41, 5.74) is 1.52. The third-order valence-electron chi connectivity index (χ3n) is 3.60. The highest BCUT2D eigenvalue weighted by Crippen LogP contribution is 2.46. The Morgan fingerprint density at radius 1 is 1.20 bits per heavy atom. The molecule has 3 rings (SSSR count). The molecule has 0 spiro atoms. The monoisotopic (exact) mass is 202 g/mol. The van der Waals surface area contributed by atoms with E-state index < -0.39 is 0 Å². The molecule has 0 amide bonds. The molecule has 1 saturated carbocycles. The summed E-state index contributed by atoms with van der Waals surface area (Å²) in [7, 11) is 0. The van der Waals surface area contributed by atoms with E-state index in [4.69, 9.17) is 0 Å². The van der Waals surface area contributed by atoms with Crippen molar-refractivity contribution in [3.8, 4) is 0 Å². The van der Waals surface area contributed by atoms with Gasteiger partial charge in [-0.15, -0.1) is 0 Å². The average molecular weight is 202 g/mol. The van der Waals surface area contributed by atoms with E-state index in [0.29, 0.717) is 0 Å². The molecule has 0 aromatic heterocycles. The predicted octanol–water partition coefficient (Wildman–Crippen LogP) is 1.35. The fraction of sp³-hybridized carbons (Fsp3) is 0.538. The van der Waals surface area contributed by atoms with Crippen LogP contribution in [0.5, 0.6) is 0 Å². The minimum absolute atomic E-state index is 0.738. The van der Waals surface area contributed by atoms with Crippen LogP contribution >= 0.6 is 0 Å². The van der Waals surface area contributed by atoms with Gasteiger partial charge in [0.1, 0.15) is 0 Å². The van der Waals surface area contributed by atoms with E-state index in [1.807, 2.05) is 0 Å². The smallest absolute Gasteiger partial charge is 0.0317 e. The lowest BCUT2D eigenvalue weighted by molar-refractivity contribution is 0.361. The minimum Gasteiger partial charge on any atom is -0.314 e. The number of hydrogen-bond acceptors (Lipinski definition) is 2. The molecule has 15 heavy (non-hydrogen) atoms. The van der Waals surface area contributed by atoms with Crippen molar-refractivity contribution in [2.24, 2.45) is 5.92 Å². The largest absolute Gasteiger partial charge is 0.314 e. The molecule has 0 radical (unpaired) electrons. The third-order valence-corrected chi connectivity index (χ3v) is 3.60. The van der Waals surface area contributed by atoms with Crippen molar-refractivity contribution in [2.75, 3.05) is 19.6 Å². The van der Waals surface area contributed by atoms with Crippen LogP contribution in [0.15, 0.2) is 30.3 Å². The maximum Gasteiger partial charge on any atom is 0.0317 e. The van der Waals surface area contributed by atoms with E-state index in [-0.39, 0.29) is 0 Å². The van der Waals surface area contributed by atoms with Gasteiger partial charge in [0.2, 0.25) is 0 Å². The first-order chi connectivity index (χ1) is 7.43. The summed E-state index contributed by atoms with van der Waals surface area (Å²) in [4.78, 5) is 0. The molecule has 1 heterocycles. The van der Waals surface area contributed by atoms with Crippen molar-refractivity contribution >= 4 is 0 Å². The lowest BCUT2D eigenvalue weighted by atomic mass is 10.1. The van der Waals surface area contributed by atoms with E-state index in [9.17, 15) is 0 Å². The molecule has 1 aromatic rings. The number of rotatable bonds is 4. The molecule has 1 unspecified atom stereocenters. The summed E-state index contributed by atoms with van der Waals surface area (Å²) in [6.07, 6.45) is 1.37. The molecule has 0 bridgehead atoms. The molecule has 2 heteroatoms. The molecule has 80 valence electrons. The maximum absolute atomic E-state index is 3.62. The highest BCUT2D eigenvalue weighted by molar-refractivity contribution is 5.25. The van der Waals surface area contributed by atoms with E-state index in [1.54, 1.807) is 0 Å². The van der Waals surface area contributed by atoms with Crippen LogP contribution in [0.3, 0.4) is 0 Å². The zero-order valence-electron chi connectivity index (χ0n) is 8.95. The van der Waals surface area contributed by atoms with E-state index in [2.05, 4.69) is 41.0 Å². The second kappa shape index (κ2) is 3.95. The van der Waals surface area contributed by atoms with Gasteiger partial charge in [-0.3, -0.25) is 0 Å². The molecule has 1 saturated heterocycles. The maximum atomic E-state index is 3.62. The van der Waals surface area contributed by atoms with Gasteiger partial charge in [-0.1, -0.05) is 30.3 Å². The van der Waals surface area contributed by atoms with Crippen LogP contribution in [0.1, 0.15) is 17.9 Å². The summed E-state index contributed by atoms with van der Waals surface area (Å²) >= 11 is 0. The van der Waals surface area contributed by atoms with Gasteiger partial charge in [0.15, 0.2) is 0 Å². The Hall–Kier alpha value is -0.860. The molecule has 2 N–H and O–H groups in total. The first kappa shape index (κ1) is 9.37. The minimum atomic E-state index is 0.738. The van der Waals surface area contributed by atoms with Crippen molar-refractivity contribution in [2.45, 2.75) is 18.4 Å². The van der Waals surface area contributed by atoms with Crippen molar-refractivity contribution < 1.29 is 0 Å². The normalized spacial score (nSPS) is 29.9. The summed E-state index contributed by atoms with van der Waals surface area (Å²) in [5.74, 6) is 1.71. The number of hydrogen-bond donors (Lipinski definition) is 2. The Morgan fingerprint density at radius 2 is 2.00 bits per heavy atom. The fourth-order valence-electron chi connectivity index (χ4n) is 2.33. The molecule has 1 aliphatic heterocycles. The zero-order chi connectivity index (χ0) is 10.1. The average Bonchev–Trinajstić information content (AvgIpc) is 2.96. The lowest BCUT2D eigenvalue weighted by Gasteiger charge is -2.28. The van der Waals surface area contributed by atoms with E-state index in [0.717, 1.165) is 31.0 Å². The Bertz CT molecular complexity index is 319. The van der Waals surface area contributed by atoms with Gasteiger partial charge in [-0.25, -0.2) is 0 Å². The molecular formula is C13H18N2. The molecule has 2 aliphatic rings. The Labute approximate surface area is 91.1 Å². The third kappa shape index (κ3) is 2.06.